The van der Waals surface area contributed by atoms with Crippen LogP contribution in [0.3, 0.4) is 0 Å². The van der Waals surface area contributed by atoms with Crippen molar-refractivity contribution in [2.24, 2.45) is 5.73 Å². The van der Waals surface area contributed by atoms with Crippen molar-refractivity contribution in [2.45, 2.75) is 6.04 Å². The molecule has 0 bridgehead atoms. The maximum atomic E-state index is 13.1. The molecule has 1 aromatic carbocycles. The standard InChI is InChI=1S/C8H11FN2O/c9-8-5(7(11)4-12)2-1-3-6(8)10/h1-3,7,12H,4,10-11H2. The van der Waals surface area contributed by atoms with E-state index in [1.54, 1.807) is 6.07 Å². The van der Waals surface area contributed by atoms with Crippen molar-refractivity contribution in [2.75, 3.05) is 12.3 Å². The van der Waals surface area contributed by atoms with E-state index in [-0.39, 0.29) is 17.9 Å². The fourth-order valence-corrected chi connectivity index (χ4v) is 0.953. The predicted molar refractivity (Wildman–Crippen MR) is 44.8 cm³/mol. The van der Waals surface area contributed by atoms with Crippen LogP contribution in [0.15, 0.2) is 18.2 Å². The van der Waals surface area contributed by atoms with Gasteiger partial charge in [0.25, 0.3) is 0 Å². The summed E-state index contributed by atoms with van der Waals surface area (Å²) in [6, 6.07) is 3.85. The summed E-state index contributed by atoms with van der Waals surface area (Å²) in [5, 5.41) is 8.67. The predicted octanol–water partition coefficient (Wildman–Crippen LogP) is 0.400. The van der Waals surface area contributed by atoms with E-state index in [4.69, 9.17) is 16.6 Å². The summed E-state index contributed by atoms with van der Waals surface area (Å²) in [4.78, 5) is 0. The lowest BCUT2D eigenvalue weighted by Crippen LogP contribution is -2.16. The van der Waals surface area contributed by atoms with Crippen LogP contribution in [0, 0.1) is 5.82 Å². The number of benzene rings is 1. The molecule has 0 aliphatic heterocycles. The number of rotatable bonds is 2. The van der Waals surface area contributed by atoms with Gasteiger partial charge < -0.3 is 16.6 Å². The van der Waals surface area contributed by atoms with Crippen molar-refractivity contribution in [3.05, 3.63) is 29.6 Å². The van der Waals surface area contributed by atoms with Gasteiger partial charge in [-0.2, -0.15) is 0 Å². The molecule has 66 valence electrons. The Hall–Kier alpha value is -1.13. The van der Waals surface area contributed by atoms with Crippen LogP contribution in [-0.4, -0.2) is 11.7 Å². The summed E-state index contributed by atoms with van der Waals surface area (Å²) in [5.41, 5.74) is 11.0. The smallest absolute Gasteiger partial charge is 0.150 e. The minimum Gasteiger partial charge on any atom is -0.396 e. The summed E-state index contributed by atoms with van der Waals surface area (Å²) in [6.45, 7) is -0.291. The largest absolute Gasteiger partial charge is 0.396 e. The van der Waals surface area contributed by atoms with Crippen LogP contribution in [0.4, 0.5) is 10.1 Å². The number of hydrogen-bond acceptors (Lipinski definition) is 3. The van der Waals surface area contributed by atoms with Gasteiger partial charge in [0.1, 0.15) is 0 Å². The van der Waals surface area contributed by atoms with Crippen molar-refractivity contribution >= 4 is 5.69 Å². The Balaban J connectivity index is 3.07. The molecule has 3 nitrogen and oxygen atoms in total. The van der Waals surface area contributed by atoms with E-state index in [0.29, 0.717) is 0 Å². The highest BCUT2D eigenvalue weighted by Crippen LogP contribution is 2.19. The van der Waals surface area contributed by atoms with Gasteiger partial charge in [0, 0.05) is 5.56 Å². The number of nitrogens with two attached hydrogens (primary N) is 2. The van der Waals surface area contributed by atoms with Gasteiger partial charge in [-0.3, -0.25) is 0 Å². The molecule has 1 unspecified atom stereocenters. The molecule has 1 rings (SSSR count). The van der Waals surface area contributed by atoms with Crippen molar-refractivity contribution < 1.29 is 9.50 Å². The van der Waals surface area contributed by atoms with E-state index in [1.807, 2.05) is 0 Å². The highest BCUT2D eigenvalue weighted by molar-refractivity contribution is 5.43. The number of hydrogen-bond donors (Lipinski definition) is 3. The van der Waals surface area contributed by atoms with Crippen LogP contribution in [0.1, 0.15) is 11.6 Å². The molecule has 5 N–H and O–H groups in total. The fourth-order valence-electron chi connectivity index (χ4n) is 0.953. The fraction of sp³-hybridized carbons (Fsp3) is 0.250. The third-order valence-corrected chi connectivity index (χ3v) is 1.65. The molecule has 0 spiro atoms. The maximum Gasteiger partial charge on any atom is 0.150 e. The Kier molecular flexibility index (Phi) is 2.62. The number of halogens is 1. The van der Waals surface area contributed by atoms with Crippen molar-refractivity contribution in [1.29, 1.82) is 0 Å². The number of aliphatic hydroxyl groups excluding tert-OH is 1. The molecule has 0 fully saturated rings. The molecule has 0 heterocycles. The Labute approximate surface area is 69.8 Å². The minimum atomic E-state index is -0.700. The number of anilines is 1. The zero-order chi connectivity index (χ0) is 9.14. The summed E-state index contributed by atoms with van der Waals surface area (Å²) >= 11 is 0. The lowest BCUT2D eigenvalue weighted by atomic mass is 10.1. The lowest BCUT2D eigenvalue weighted by molar-refractivity contribution is 0.265. The van der Waals surface area contributed by atoms with E-state index < -0.39 is 11.9 Å². The van der Waals surface area contributed by atoms with E-state index in [9.17, 15) is 4.39 Å². The SMILES string of the molecule is Nc1cccc(C(N)CO)c1F. The minimum absolute atomic E-state index is 0.0522. The average molecular weight is 170 g/mol. The Morgan fingerprint density at radius 2 is 2.17 bits per heavy atom. The van der Waals surface area contributed by atoms with Gasteiger partial charge in [0.15, 0.2) is 5.82 Å². The summed E-state index contributed by atoms with van der Waals surface area (Å²) < 4.78 is 13.1. The van der Waals surface area contributed by atoms with Gasteiger partial charge in [-0.25, -0.2) is 4.39 Å². The Bertz CT molecular complexity index is 278. The Morgan fingerprint density at radius 1 is 1.50 bits per heavy atom. The van der Waals surface area contributed by atoms with Crippen molar-refractivity contribution in [1.82, 2.24) is 0 Å². The second kappa shape index (κ2) is 3.51. The molecule has 0 amide bonds. The molecule has 1 aromatic rings. The van der Waals surface area contributed by atoms with Crippen LogP contribution in [0.2, 0.25) is 0 Å². The van der Waals surface area contributed by atoms with Crippen LogP contribution in [0.25, 0.3) is 0 Å². The maximum absolute atomic E-state index is 13.1. The third kappa shape index (κ3) is 1.54. The first kappa shape index (κ1) is 8.96. The first-order chi connectivity index (χ1) is 5.66. The summed E-state index contributed by atoms with van der Waals surface area (Å²) in [7, 11) is 0. The van der Waals surface area contributed by atoms with Gasteiger partial charge in [-0.1, -0.05) is 12.1 Å². The number of aliphatic hydroxyl groups is 1. The van der Waals surface area contributed by atoms with Gasteiger partial charge >= 0.3 is 0 Å². The van der Waals surface area contributed by atoms with Crippen LogP contribution in [-0.2, 0) is 0 Å². The molecule has 0 radical (unpaired) electrons. The van der Waals surface area contributed by atoms with E-state index in [1.165, 1.54) is 12.1 Å². The molecule has 0 saturated carbocycles. The van der Waals surface area contributed by atoms with E-state index >= 15 is 0 Å². The number of nitrogen functional groups attached to an aromatic ring is 1. The quantitative estimate of drug-likeness (QED) is 0.562. The second-order valence-corrected chi connectivity index (χ2v) is 2.54. The third-order valence-electron chi connectivity index (χ3n) is 1.65. The molecule has 0 aromatic heterocycles. The van der Waals surface area contributed by atoms with Gasteiger partial charge in [0.05, 0.1) is 18.3 Å². The molecule has 0 aliphatic rings. The average Bonchev–Trinajstić information content (AvgIpc) is 2.08. The highest BCUT2D eigenvalue weighted by Gasteiger charge is 2.11. The molecule has 4 heteroatoms. The Morgan fingerprint density at radius 3 is 2.75 bits per heavy atom. The summed E-state index contributed by atoms with van der Waals surface area (Å²) in [6.07, 6.45) is 0. The lowest BCUT2D eigenvalue weighted by Gasteiger charge is -2.10. The van der Waals surface area contributed by atoms with Gasteiger partial charge in [0.2, 0.25) is 0 Å². The normalized spacial score (nSPS) is 12.9. The van der Waals surface area contributed by atoms with Crippen LogP contribution in [0.5, 0.6) is 0 Å². The van der Waals surface area contributed by atoms with Crippen molar-refractivity contribution in [3.63, 3.8) is 0 Å². The second-order valence-electron chi connectivity index (χ2n) is 2.54. The van der Waals surface area contributed by atoms with Gasteiger partial charge in [-0.15, -0.1) is 0 Å². The molecular weight excluding hydrogens is 159 g/mol. The van der Waals surface area contributed by atoms with Gasteiger partial charge in [-0.05, 0) is 6.07 Å². The molecular formula is C8H11FN2O. The van der Waals surface area contributed by atoms with Crippen LogP contribution < -0.4 is 11.5 Å². The monoisotopic (exact) mass is 170 g/mol. The van der Waals surface area contributed by atoms with Crippen molar-refractivity contribution in [3.8, 4) is 0 Å². The van der Waals surface area contributed by atoms with E-state index in [2.05, 4.69) is 0 Å². The first-order valence-corrected chi connectivity index (χ1v) is 3.57. The topological polar surface area (TPSA) is 72.3 Å². The molecule has 0 aliphatic carbocycles. The van der Waals surface area contributed by atoms with E-state index in [0.717, 1.165) is 0 Å². The molecule has 12 heavy (non-hydrogen) atoms. The zero-order valence-electron chi connectivity index (χ0n) is 6.50. The molecule has 1 atom stereocenters. The van der Waals surface area contributed by atoms with Crippen LogP contribution >= 0.6 is 0 Å². The highest BCUT2D eigenvalue weighted by atomic mass is 19.1. The molecule has 0 saturated heterocycles. The zero-order valence-corrected chi connectivity index (χ0v) is 6.50. The first-order valence-electron chi connectivity index (χ1n) is 3.57. The summed E-state index contributed by atoms with van der Waals surface area (Å²) in [5.74, 6) is -0.543.